The Balaban J connectivity index is 2.09. The third-order valence-electron chi connectivity index (χ3n) is 2.78. The highest BCUT2D eigenvalue weighted by atomic mass is 16.4. The lowest BCUT2D eigenvalue weighted by Crippen LogP contribution is -2.28. The lowest BCUT2D eigenvalue weighted by atomic mass is 10.2. The van der Waals surface area contributed by atoms with Crippen molar-refractivity contribution in [2.24, 2.45) is 0 Å². The van der Waals surface area contributed by atoms with Crippen LogP contribution < -0.4 is 5.32 Å². The third kappa shape index (κ3) is 2.30. The molecule has 2 rings (SSSR count). The lowest BCUT2D eigenvalue weighted by Gasteiger charge is -2.16. The van der Waals surface area contributed by atoms with Crippen molar-refractivity contribution in [3.63, 3.8) is 0 Å². The second-order valence-corrected chi connectivity index (χ2v) is 3.96. The molecule has 1 aliphatic rings. The van der Waals surface area contributed by atoms with Crippen LogP contribution in [0.5, 0.6) is 0 Å². The van der Waals surface area contributed by atoms with Gasteiger partial charge in [0.2, 0.25) is 0 Å². The molecule has 86 valence electrons. The maximum absolute atomic E-state index is 10.7. The Hall–Kier alpha value is -1.62. The number of hydrogen-bond donors (Lipinski definition) is 3. The minimum Gasteiger partial charge on any atom is -0.477 e. The molecule has 0 saturated heterocycles. The van der Waals surface area contributed by atoms with Crippen molar-refractivity contribution < 1.29 is 15.0 Å². The normalized spacial score (nSPS) is 24.3. The molecule has 1 saturated carbocycles. The third-order valence-corrected chi connectivity index (χ3v) is 2.78. The van der Waals surface area contributed by atoms with Crippen LogP contribution in [0.1, 0.15) is 29.8 Å². The van der Waals surface area contributed by atoms with Gasteiger partial charge in [0.05, 0.1) is 12.1 Å². The molecule has 1 aliphatic carbocycles. The molecular formula is C11H14N2O3. The second-order valence-electron chi connectivity index (χ2n) is 3.96. The quantitative estimate of drug-likeness (QED) is 0.713. The molecule has 5 heteroatoms. The molecule has 2 atom stereocenters. The number of rotatable bonds is 3. The summed E-state index contributed by atoms with van der Waals surface area (Å²) in [7, 11) is 0. The number of carboxylic acids is 1. The molecule has 0 amide bonds. The zero-order valence-corrected chi connectivity index (χ0v) is 8.76. The predicted molar refractivity (Wildman–Crippen MR) is 58.5 cm³/mol. The number of nitrogens with one attached hydrogen (secondary N) is 1. The van der Waals surface area contributed by atoms with Gasteiger partial charge in [-0.25, -0.2) is 9.78 Å². The number of aliphatic hydroxyl groups excluding tert-OH is 1. The topological polar surface area (TPSA) is 82.5 Å². The fraction of sp³-hybridized carbons (Fsp3) is 0.455. The summed E-state index contributed by atoms with van der Waals surface area (Å²) in [5.74, 6) is -0.540. The summed E-state index contributed by atoms with van der Waals surface area (Å²) in [4.78, 5) is 14.7. The number of carbonyl (C=O) groups is 1. The number of aliphatic hydroxyl groups is 1. The first kappa shape index (κ1) is 10.9. The molecule has 0 aromatic carbocycles. The van der Waals surface area contributed by atoms with Gasteiger partial charge in [-0.2, -0.15) is 0 Å². The number of hydrogen-bond acceptors (Lipinski definition) is 4. The SMILES string of the molecule is O=C(O)c1cccc(N[C@@H]2CCC[C@H]2O)n1. The van der Waals surface area contributed by atoms with E-state index in [2.05, 4.69) is 10.3 Å². The summed E-state index contributed by atoms with van der Waals surface area (Å²) in [5.41, 5.74) is 0.0116. The molecule has 3 N–H and O–H groups in total. The number of aromatic nitrogens is 1. The molecule has 1 fully saturated rings. The van der Waals surface area contributed by atoms with Crippen molar-refractivity contribution in [3.05, 3.63) is 23.9 Å². The molecule has 0 bridgehead atoms. The molecule has 0 aliphatic heterocycles. The van der Waals surface area contributed by atoms with Gasteiger partial charge in [-0.15, -0.1) is 0 Å². The van der Waals surface area contributed by atoms with Crippen molar-refractivity contribution in [1.29, 1.82) is 0 Å². The van der Waals surface area contributed by atoms with Crippen LogP contribution in [0.3, 0.4) is 0 Å². The number of aromatic carboxylic acids is 1. The maximum atomic E-state index is 10.7. The monoisotopic (exact) mass is 222 g/mol. The van der Waals surface area contributed by atoms with Gasteiger partial charge in [0.25, 0.3) is 0 Å². The van der Waals surface area contributed by atoms with Gasteiger partial charge in [0.1, 0.15) is 5.82 Å². The van der Waals surface area contributed by atoms with Gasteiger partial charge in [0.15, 0.2) is 5.69 Å². The smallest absolute Gasteiger partial charge is 0.354 e. The van der Waals surface area contributed by atoms with E-state index in [-0.39, 0.29) is 17.8 Å². The average Bonchev–Trinajstić information content (AvgIpc) is 2.65. The first-order valence-electron chi connectivity index (χ1n) is 5.32. The van der Waals surface area contributed by atoms with Gasteiger partial charge in [0, 0.05) is 0 Å². The van der Waals surface area contributed by atoms with Crippen LogP contribution in [0.15, 0.2) is 18.2 Å². The Morgan fingerprint density at radius 1 is 1.44 bits per heavy atom. The summed E-state index contributed by atoms with van der Waals surface area (Å²) in [5, 5.41) is 21.5. The van der Waals surface area contributed by atoms with Crippen LogP contribution in [0.4, 0.5) is 5.82 Å². The van der Waals surface area contributed by atoms with Crippen LogP contribution in [0.25, 0.3) is 0 Å². The van der Waals surface area contributed by atoms with E-state index in [1.54, 1.807) is 12.1 Å². The molecule has 16 heavy (non-hydrogen) atoms. The Morgan fingerprint density at radius 2 is 2.25 bits per heavy atom. The van der Waals surface area contributed by atoms with E-state index in [9.17, 15) is 9.90 Å². The number of anilines is 1. The summed E-state index contributed by atoms with van der Waals surface area (Å²) in [6.45, 7) is 0. The van der Waals surface area contributed by atoms with Gasteiger partial charge in [-0.3, -0.25) is 0 Å². The van der Waals surface area contributed by atoms with Crippen LogP contribution in [-0.4, -0.2) is 33.3 Å². The number of nitrogens with zero attached hydrogens (tertiary/aromatic N) is 1. The van der Waals surface area contributed by atoms with E-state index >= 15 is 0 Å². The summed E-state index contributed by atoms with van der Waals surface area (Å²) < 4.78 is 0. The molecule has 1 aromatic heterocycles. The average molecular weight is 222 g/mol. The standard InChI is InChI=1S/C11H14N2O3/c14-9-5-1-3-7(9)12-10-6-2-4-8(13-10)11(15)16/h2,4,6-7,9,14H,1,3,5H2,(H,12,13)(H,15,16)/t7-,9-/m1/s1. The first-order valence-corrected chi connectivity index (χ1v) is 5.32. The van der Waals surface area contributed by atoms with Crippen LogP contribution in [-0.2, 0) is 0 Å². The molecular weight excluding hydrogens is 208 g/mol. The number of carboxylic acid groups (broad SMARTS) is 1. The van der Waals surface area contributed by atoms with Gasteiger partial charge in [-0.05, 0) is 31.4 Å². The number of pyridine rings is 1. The van der Waals surface area contributed by atoms with Gasteiger partial charge in [-0.1, -0.05) is 6.07 Å². The Morgan fingerprint density at radius 3 is 2.88 bits per heavy atom. The minimum absolute atomic E-state index is 0.0116. The zero-order chi connectivity index (χ0) is 11.5. The van der Waals surface area contributed by atoms with E-state index in [0.29, 0.717) is 5.82 Å². The highest BCUT2D eigenvalue weighted by Gasteiger charge is 2.25. The highest BCUT2D eigenvalue weighted by molar-refractivity contribution is 5.85. The van der Waals surface area contributed by atoms with E-state index in [0.717, 1.165) is 19.3 Å². The van der Waals surface area contributed by atoms with Gasteiger partial charge >= 0.3 is 5.97 Å². The van der Waals surface area contributed by atoms with Crippen molar-refractivity contribution >= 4 is 11.8 Å². The molecule has 5 nitrogen and oxygen atoms in total. The minimum atomic E-state index is -1.05. The molecule has 1 heterocycles. The molecule has 1 aromatic rings. The van der Waals surface area contributed by atoms with E-state index in [1.807, 2.05) is 0 Å². The highest BCUT2D eigenvalue weighted by Crippen LogP contribution is 2.22. The predicted octanol–water partition coefficient (Wildman–Crippen LogP) is 1.11. The van der Waals surface area contributed by atoms with E-state index < -0.39 is 5.97 Å². The van der Waals surface area contributed by atoms with Crippen molar-refractivity contribution in [1.82, 2.24) is 4.98 Å². The summed E-state index contributed by atoms with van der Waals surface area (Å²) in [6, 6.07) is 4.77. The van der Waals surface area contributed by atoms with E-state index in [4.69, 9.17) is 5.11 Å². The Kier molecular flexibility index (Phi) is 3.05. The summed E-state index contributed by atoms with van der Waals surface area (Å²) in [6.07, 6.45) is 2.30. The van der Waals surface area contributed by atoms with Gasteiger partial charge < -0.3 is 15.5 Å². The largest absolute Gasteiger partial charge is 0.477 e. The zero-order valence-electron chi connectivity index (χ0n) is 8.76. The Bertz CT molecular complexity index is 395. The van der Waals surface area contributed by atoms with Crippen LogP contribution in [0, 0.1) is 0 Å². The van der Waals surface area contributed by atoms with Crippen molar-refractivity contribution in [3.8, 4) is 0 Å². The maximum Gasteiger partial charge on any atom is 0.354 e. The molecule has 0 spiro atoms. The second kappa shape index (κ2) is 4.49. The van der Waals surface area contributed by atoms with Crippen molar-refractivity contribution in [2.75, 3.05) is 5.32 Å². The fourth-order valence-corrected chi connectivity index (χ4v) is 1.93. The fourth-order valence-electron chi connectivity index (χ4n) is 1.93. The van der Waals surface area contributed by atoms with Crippen LogP contribution in [0.2, 0.25) is 0 Å². The molecule has 0 radical (unpaired) electrons. The lowest BCUT2D eigenvalue weighted by molar-refractivity contribution is 0.0690. The van der Waals surface area contributed by atoms with Crippen LogP contribution >= 0.6 is 0 Å². The molecule has 0 unspecified atom stereocenters. The van der Waals surface area contributed by atoms with E-state index in [1.165, 1.54) is 6.07 Å². The summed E-state index contributed by atoms with van der Waals surface area (Å²) >= 11 is 0. The first-order chi connectivity index (χ1) is 7.66. The van der Waals surface area contributed by atoms with Crippen molar-refractivity contribution in [2.45, 2.75) is 31.4 Å². The Labute approximate surface area is 93.1 Å².